The van der Waals surface area contributed by atoms with Crippen LogP contribution in [0.5, 0.6) is 5.75 Å². The fraction of sp³-hybridized carbons (Fsp3) is 0.609. The van der Waals surface area contributed by atoms with E-state index >= 15 is 0 Å². The van der Waals surface area contributed by atoms with Crippen molar-refractivity contribution in [2.45, 2.75) is 134 Å². The monoisotopic (exact) mass is 998 g/mol. The molecule has 70 heavy (non-hydrogen) atoms. The number of aliphatic imine (C=N–C) groups is 1. The van der Waals surface area contributed by atoms with Crippen LogP contribution in [0.4, 0.5) is 0 Å². The number of aliphatic carboxylic acids is 1. The molecule has 8 atom stereocenters. The summed E-state index contributed by atoms with van der Waals surface area (Å²) in [5, 5.41) is 36.4. The second-order valence-electron chi connectivity index (χ2n) is 18.6. The van der Waals surface area contributed by atoms with Gasteiger partial charge in [0.15, 0.2) is 5.96 Å². The number of nitrogens with zero attached hydrogens (tertiary/aromatic N) is 4. The molecule has 0 saturated carbocycles. The summed E-state index contributed by atoms with van der Waals surface area (Å²) in [6.07, 6.45) is 4.42. The highest BCUT2D eigenvalue weighted by molar-refractivity contribution is 8.00. The molecule has 0 spiro atoms. The molecule has 3 heterocycles. The predicted octanol–water partition coefficient (Wildman–Crippen LogP) is -0.945. The van der Waals surface area contributed by atoms with Gasteiger partial charge in [-0.05, 0) is 76.1 Å². The zero-order chi connectivity index (χ0) is 51.9. The van der Waals surface area contributed by atoms with E-state index in [1.54, 1.807) is 53.8 Å². The maximum Gasteiger partial charge on any atom is 0.326 e. The fourth-order valence-corrected chi connectivity index (χ4v) is 9.55. The van der Waals surface area contributed by atoms with E-state index in [1.807, 2.05) is 6.92 Å². The van der Waals surface area contributed by atoms with Gasteiger partial charge >= 0.3 is 5.97 Å². The standard InChI is InChI=1S/C46H71N13O10S/c1-8-26(4)36(44(68)69)57-39(63)33-12-10-18-58(33)42(66)32(20-28-21-50-23-52-28)55-41(65)37-46(5,6)70-24-59(37)43(67)31(19-27-13-15-29(60)16-14-27)54-40(64)35(25(2)3)56-38(62)30(53-34(61)22-49-7)11-9-17-51-45(47)48/h13-16,21,23,25-26,30-33,35-37,49,60H,8-12,17-20,22,24H2,1-7H3,(H,50,52)(H,53,61)(H,54,64)(H,55,65)(H,56,62)(H,57,63)(H,68,69)(H4,47,48,51)/t26-,30-,31-,32-,33-,35-,36-,37+/m0/s1. The summed E-state index contributed by atoms with van der Waals surface area (Å²) in [5.74, 6) is -6.63. The molecule has 2 saturated heterocycles. The number of guanidine groups is 1. The van der Waals surface area contributed by atoms with E-state index in [4.69, 9.17) is 11.5 Å². The van der Waals surface area contributed by atoms with Crippen LogP contribution >= 0.6 is 11.8 Å². The molecule has 23 nitrogen and oxygen atoms in total. The van der Waals surface area contributed by atoms with Crippen LogP contribution in [0, 0.1) is 11.8 Å². The number of hydrogen-bond donors (Lipinski definition) is 11. The second-order valence-corrected chi connectivity index (χ2v) is 20.2. The summed E-state index contributed by atoms with van der Waals surface area (Å²) in [6, 6.07) is -2.20. The Labute approximate surface area is 412 Å². The lowest BCUT2D eigenvalue weighted by atomic mass is 9.97. The van der Waals surface area contributed by atoms with Crippen molar-refractivity contribution in [1.82, 2.24) is 51.7 Å². The number of rotatable bonds is 25. The molecule has 1 aromatic carbocycles. The number of nitrogens with one attached hydrogen (secondary N) is 7. The highest BCUT2D eigenvalue weighted by Crippen LogP contribution is 2.40. The Hall–Kier alpha value is -6.43. The topological polar surface area (TPSA) is 349 Å². The van der Waals surface area contributed by atoms with Crippen molar-refractivity contribution in [3.05, 3.63) is 48.0 Å². The lowest BCUT2D eigenvalue weighted by Crippen LogP contribution is -2.62. The van der Waals surface area contributed by atoms with Crippen molar-refractivity contribution in [2.24, 2.45) is 28.3 Å². The number of nitrogens with two attached hydrogens (primary N) is 2. The quantitative estimate of drug-likeness (QED) is 0.0325. The van der Waals surface area contributed by atoms with Crippen LogP contribution in [0.3, 0.4) is 0 Å². The Kier molecular flexibility index (Phi) is 20.8. The number of aromatic nitrogens is 2. The molecule has 1 aromatic heterocycles. The van der Waals surface area contributed by atoms with E-state index < -0.39 is 100 Å². The Morgan fingerprint density at radius 2 is 1.56 bits per heavy atom. The van der Waals surface area contributed by atoms with Gasteiger partial charge in [0.05, 0.1) is 18.7 Å². The summed E-state index contributed by atoms with van der Waals surface area (Å²) < 4.78 is -0.936. The molecule has 2 fully saturated rings. The van der Waals surface area contributed by atoms with E-state index in [9.17, 15) is 48.6 Å². The van der Waals surface area contributed by atoms with Crippen LogP contribution in [-0.2, 0) is 51.2 Å². The molecule has 13 N–H and O–H groups in total. The van der Waals surface area contributed by atoms with Crippen LogP contribution in [0.1, 0.15) is 84.9 Å². The van der Waals surface area contributed by atoms with E-state index in [0.717, 1.165) is 0 Å². The second kappa shape index (κ2) is 26.0. The summed E-state index contributed by atoms with van der Waals surface area (Å²) >= 11 is 1.31. The van der Waals surface area contributed by atoms with Crippen molar-refractivity contribution in [3.8, 4) is 5.75 Å². The fourth-order valence-electron chi connectivity index (χ4n) is 8.41. The van der Waals surface area contributed by atoms with Gasteiger partial charge in [0.1, 0.15) is 48.0 Å². The lowest BCUT2D eigenvalue weighted by molar-refractivity contribution is -0.146. The number of carbonyl (C=O) groups is 8. The summed E-state index contributed by atoms with van der Waals surface area (Å²) in [6.45, 7) is 10.8. The summed E-state index contributed by atoms with van der Waals surface area (Å²) in [4.78, 5) is 124. The molecule has 4 rings (SSSR count). The van der Waals surface area contributed by atoms with Gasteiger partial charge in [0.2, 0.25) is 41.4 Å². The van der Waals surface area contributed by atoms with Gasteiger partial charge in [-0.15, -0.1) is 11.8 Å². The predicted molar refractivity (Wildman–Crippen MR) is 261 cm³/mol. The first-order valence-electron chi connectivity index (χ1n) is 23.5. The number of carboxylic acid groups (broad SMARTS) is 1. The number of hydrogen-bond acceptors (Lipinski definition) is 13. The first-order chi connectivity index (χ1) is 33.1. The van der Waals surface area contributed by atoms with Gasteiger partial charge in [-0.25, -0.2) is 9.78 Å². The molecule has 2 aliphatic heterocycles. The Balaban J connectivity index is 1.63. The van der Waals surface area contributed by atoms with Crippen molar-refractivity contribution in [3.63, 3.8) is 0 Å². The molecule has 0 radical (unpaired) electrons. The summed E-state index contributed by atoms with van der Waals surface area (Å²) in [7, 11) is 1.57. The maximum absolute atomic E-state index is 15.0. The molecule has 7 amide bonds. The molecule has 2 aromatic rings. The minimum atomic E-state index is -1.32. The largest absolute Gasteiger partial charge is 0.508 e. The lowest BCUT2D eigenvalue weighted by Gasteiger charge is -2.35. The number of amides is 7. The maximum atomic E-state index is 15.0. The van der Waals surface area contributed by atoms with Crippen LogP contribution < -0.4 is 43.4 Å². The Morgan fingerprint density at radius 1 is 0.886 bits per heavy atom. The van der Waals surface area contributed by atoms with Crippen molar-refractivity contribution in [1.29, 1.82) is 0 Å². The van der Waals surface area contributed by atoms with E-state index in [2.05, 4.69) is 46.9 Å². The van der Waals surface area contributed by atoms with Gasteiger partial charge < -0.3 is 68.4 Å². The number of aromatic hydroxyl groups is 1. The molecular weight excluding hydrogens is 927 g/mol. The number of thioether (sulfide) groups is 1. The third kappa shape index (κ3) is 15.5. The van der Waals surface area contributed by atoms with Gasteiger partial charge in [-0.2, -0.15) is 0 Å². The normalized spacial score (nSPS) is 18.9. The minimum Gasteiger partial charge on any atom is -0.508 e. The van der Waals surface area contributed by atoms with Gasteiger partial charge in [0, 0.05) is 42.6 Å². The average molecular weight is 998 g/mol. The molecular formula is C46H71N13O10S. The number of likely N-dealkylation sites (tertiary alicyclic amines) is 1. The molecule has 2 aliphatic rings. The first-order valence-corrected chi connectivity index (χ1v) is 24.5. The molecule has 24 heteroatoms. The van der Waals surface area contributed by atoms with E-state index in [1.165, 1.54) is 46.2 Å². The van der Waals surface area contributed by atoms with Crippen molar-refractivity contribution >= 4 is 65.0 Å². The molecule has 0 aliphatic carbocycles. The smallest absolute Gasteiger partial charge is 0.326 e. The number of aromatic amines is 1. The Morgan fingerprint density at radius 3 is 2.16 bits per heavy atom. The number of benzene rings is 1. The number of H-pyrrole nitrogens is 1. The number of phenols is 1. The number of phenolic OH excluding ortho intramolecular Hbond substituents is 1. The van der Waals surface area contributed by atoms with Crippen LogP contribution in [-0.4, -0.2) is 163 Å². The van der Waals surface area contributed by atoms with Gasteiger partial charge in [-0.3, -0.25) is 38.6 Å². The minimum absolute atomic E-state index is 0.0124. The zero-order valence-electron chi connectivity index (χ0n) is 41.0. The summed E-state index contributed by atoms with van der Waals surface area (Å²) in [5.41, 5.74) is 12.0. The number of carbonyl (C=O) groups excluding carboxylic acids is 7. The van der Waals surface area contributed by atoms with Crippen molar-refractivity contribution in [2.75, 3.05) is 32.6 Å². The van der Waals surface area contributed by atoms with Crippen LogP contribution in [0.25, 0.3) is 0 Å². The SMILES string of the molecule is CC[C@H](C)[C@H](NC(=O)[C@@H]1CCCN1C(=O)[C@H](Cc1cnc[nH]1)NC(=O)[C@H]1N(C(=O)[C@H](Cc2ccc(O)cc2)NC(=O)[C@@H](NC(=O)[C@H](CCCN=C(N)N)NC(=O)CNC)C(C)C)CSC1(C)C)C(=O)O. The van der Waals surface area contributed by atoms with Gasteiger partial charge in [0.25, 0.3) is 0 Å². The third-order valence-corrected chi connectivity index (χ3v) is 13.8. The highest BCUT2D eigenvalue weighted by atomic mass is 32.2. The number of likely N-dealkylation sites (N-methyl/N-ethyl adjacent to an activating group) is 1. The zero-order valence-corrected chi connectivity index (χ0v) is 41.8. The highest BCUT2D eigenvalue weighted by Gasteiger charge is 2.51. The third-order valence-electron chi connectivity index (χ3n) is 12.5. The average Bonchev–Trinajstić information content (AvgIpc) is 4.08. The Bertz CT molecular complexity index is 2170. The molecule has 0 bridgehead atoms. The van der Waals surface area contributed by atoms with E-state index in [-0.39, 0.29) is 68.8 Å². The van der Waals surface area contributed by atoms with Crippen molar-refractivity contribution < 1.29 is 48.6 Å². The molecule has 386 valence electrons. The van der Waals surface area contributed by atoms with E-state index in [0.29, 0.717) is 30.5 Å². The van der Waals surface area contributed by atoms with Crippen LogP contribution in [0.2, 0.25) is 0 Å². The first kappa shape index (κ1) is 56.2. The molecule has 0 unspecified atom stereocenters. The number of carboxylic acids is 1. The van der Waals surface area contributed by atoms with Crippen LogP contribution in [0.15, 0.2) is 41.8 Å². The van der Waals surface area contributed by atoms with Gasteiger partial charge in [-0.1, -0.05) is 46.2 Å². The number of imidazole rings is 1.